The second-order valence-electron chi connectivity index (χ2n) is 7.73. The number of ether oxygens (including phenoxy) is 2. The number of rotatable bonds is 6. The molecule has 0 saturated heterocycles. The van der Waals surface area contributed by atoms with E-state index in [9.17, 15) is 0 Å². The van der Waals surface area contributed by atoms with E-state index in [1.54, 1.807) is 0 Å². The van der Waals surface area contributed by atoms with Gasteiger partial charge in [-0.05, 0) is 46.5 Å². The zero-order valence-electron chi connectivity index (χ0n) is 13.7. The largest absolute Gasteiger partial charge is 0.381 e. The first kappa shape index (κ1) is 16.9. The van der Waals surface area contributed by atoms with Crippen LogP contribution in [0.5, 0.6) is 0 Å². The van der Waals surface area contributed by atoms with Crippen molar-refractivity contribution in [2.24, 2.45) is 5.41 Å². The fraction of sp³-hybridized carbons (Fsp3) is 1.00. The van der Waals surface area contributed by atoms with Crippen molar-refractivity contribution in [2.75, 3.05) is 20.3 Å². The highest BCUT2D eigenvalue weighted by Crippen LogP contribution is 2.25. The lowest BCUT2D eigenvalue weighted by Crippen LogP contribution is -2.44. The minimum Gasteiger partial charge on any atom is -0.381 e. The molecule has 2 atom stereocenters. The molecule has 0 heterocycles. The van der Waals surface area contributed by atoms with E-state index in [0.717, 1.165) is 19.6 Å². The van der Waals surface area contributed by atoms with Crippen molar-refractivity contribution in [3.05, 3.63) is 0 Å². The van der Waals surface area contributed by atoms with Crippen molar-refractivity contribution in [2.45, 2.75) is 78.0 Å². The van der Waals surface area contributed by atoms with Crippen molar-refractivity contribution in [3.8, 4) is 0 Å². The van der Waals surface area contributed by atoms with Crippen LogP contribution in [-0.2, 0) is 9.47 Å². The molecule has 1 rings (SSSR count). The van der Waals surface area contributed by atoms with Crippen LogP contribution in [0.4, 0.5) is 0 Å². The average molecular weight is 271 g/mol. The standard InChI is InChI=1S/C16H33NO2/c1-15(2,3)17-11-16(4,5)12-19-14-9-7-8-13(10-14)18-6/h13-14,17H,7-12H2,1-6H3. The molecule has 0 aromatic heterocycles. The number of nitrogens with one attached hydrogen (secondary N) is 1. The third-order valence-corrected chi connectivity index (χ3v) is 3.72. The molecule has 19 heavy (non-hydrogen) atoms. The van der Waals surface area contributed by atoms with E-state index in [-0.39, 0.29) is 11.0 Å². The molecule has 2 unspecified atom stereocenters. The Morgan fingerprint density at radius 2 is 1.68 bits per heavy atom. The molecular weight excluding hydrogens is 238 g/mol. The van der Waals surface area contributed by atoms with Crippen LogP contribution < -0.4 is 5.32 Å². The summed E-state index contributed by atoms with van der Waals surface area (Å²) in [5.74, 6) is 0. The molecule has 0 spiro atoms. The van der Waals surface area contributed by atoms with Gasteiger partial charge in [-0.1, -0.05) is 13.8 Å². The van der Waals surface area contributed by atoms with Gasteiger partial charge in [0.2, 0.25) is 0 Å². The van der Waals surface area contributed by atoms with Crippen LogP contribution in [-0.4, -0.2) is 38.0 Å². The highest BCUT2D eigenvalue weighted by molar-refractivity contribution is 4.79. The van der Waals surface area contributed by atoms with Crippen LogP contribution in [0, 0.1) is 5.41 Å². The second-order valence-corrected chi connectivity index (χ2v) is 7.73. The third-order valence-electron chi connectivity index (χ3n) is 3.72. The highest BCUT2D eigenvalue weighted by Gasteiger charge is 2.26. The van der Waals surface area contributed by atoms with Gasteiger partial charge in [0, 0.05) is 24.6 Å². The lowest BCUT2D eigenvalue weighted by atomic mass is 9.91. The van der Waals surface area contributed by atoms with Gasteiger partial charge in [0.15, 0.2) is 0 Å². The first-order chi connectivity index (χ1) is 8.72. The Morgan fingerprint density at radius 1 is 1.05 bits per heavy atom. The van der Waals surface area contributed by atoms with E-state index in [1.165, 1.54) is 19.3 Å². The molecule has 0 radical (unpaired) electrons. The topological polar surface area (TPSA) is 30.5 Å². The van der Waals surface area contributed by atoms with Crippen LogP contribution >= 0.6 is 0 Å². The van der Waals surface area contributed by atoms with Crippen LogP contribution in [0.25, 0.3) is 0 Å². The van der Waals surface area contributed by atoms with Crippen molar-refractivity contribution in [1.82, 2.24) is 5.32 Å². The van der Waals surface area contributed by atoms with Crippen LogP contribution in [0.2, 0.25) is 0 Å². The molecule has 1 fully saturated rings. The van der Waals surface area contributed by atoms with Crippen LogP contribution in [0.15, 0.2) is 0 Å². The van der Waals surface area contributed by atoms with Gasteiger partial charge in [0.05, 0.1) is 18.8 Å². The Balaban J connectivity index is 2.29. The van der Waals surface area contributed by atoms with Crippen molar-refractivity contribution in [3.63, 3.8) is 0 Å². The Bertz CT molecular complexity index is 258. The predicted octanol–water partition coefficient (Wildman–Crippen LogP) is 3.37. The number of hydrogen-bond donors (Lipinski definition) is 1. The molecule has 3 heteroatoms. The maximum Gasteiger partial charge on any atom is 0.0600 e. The normalized spacial score (nSPS) is 25.6. The molecule has 3 nitrogen and oxygen atoms in total. The van der Waals surface area contributed by atoms with Gasteiger partial charge in [0.1, 0.15) is 0 Å². The van der Waals surface area contributed by atoms with Gasteiger partial charge in [-0.3, -0.25) is 0 Å². The van der Waals surface area contributed by atoms with E-state index in [2.05, 4.69) is 39.9 Å². The zero-order valence-corrected chi connectivity index (χ0v) is 13.7. The Hall–Kier alpha value is -0.120. The smallest absolute Gasteiger partial charge is 0.0600 e. The van der Waals surface area contributed by atoms with Gasteiger partial charge in [-0.15, -0.1) is 0 Å². The van der Waals surface area contributed by atoms with Gasteiger partial charge in [0.25, 0.3) is 0 Å². The molecule has 0 aliphatic heterocycles. The van der Waals surface area contributed by atoms with Crippen molar-refractivity contribution < 1.29 is 9.47 Å². The summed E-state index contributed by atoms with van der Waals surface area (Å²) < 4.78 is 11.6. The van der Waals surface area contributed by atoms with E-state index < -0.39 is 0 Å². The minimum absolute atomic E-state index is 0.170. The molecule has 0 amide bonds. The number of hydrogen-bond acceptors (Lipinski definition) is 3. The summed E-state index contributed by atoms with van der Waals surface area (Å²) in [7, 11) is 1.81. The predicted molar refractivity (Wildman–Crippen MR) is 80.5 cm³/mol. The quantitative estimate of drug-likeness (QED) is 0.803. The Morgan fingerprint density at radius 3 is 2.26 bits per heavy atom. The van der Waals surface area contributed by atoms with E-state index in [0.29, 0.717) is 12.2 Å². The van der Waals surface area contributed by atoms with Crippen molar-refractivity contribution >= 4 is 0 Å². The summed E-state index contributed by atoms with van der Waals surface area (Å²) in [4.78, 5) is 0. The monoisotopic (exact) mass is 271 g/mol. The first-order valence-corrected chi connectivity index (χ1v) is 7.61. The fourth-order valence-electron chi connectivity index (χ4n) is 2.37. The Kier molecular flexibility index (Phi) is 6.28. The van der Waals surface area contributed by atoms with E-state index in [1.807, 2.05) is 7.11 Å². The molecule has 1 aliphatic rings. The number of methoxy groups -OCH3 is 1. The van der Waals surface area contributed by atoms with Gasteiger partial charge < -0.3 is 14.8 Å². The average Bonchev–Trinajstić information content (AvgIpc) is 2.34. The van der Waals surface area contributed by atoms with Gasteiger partial charge in [-0.25, -0.2) is 0 Å². The minimum atomic E-state index is 0.170. The third kappa shape index (κ3) is 7.28. The highest BCUT2D eigenvalue weighted by atomic mass is 16.5. The molecular formula is C16H33NO2. The lowest BCUT2D eigenvalue weighted by Gasteiger charge is -2.34. The lowest BCUT2D eigenvalue weighted by molar-refractivity contribution is -0.0531. The summed E-state index contributed by atoms with van der Waals surface area (Å²) in [5, 5.41) is 3.57. The van der Waals surface area contributed by atoms with Crippen LogP contribution in [0.3, 0.4) is 0 Å². The van der Waals surface area contributed by atoms with Gasteiger partial charge >= 0.3 is 0 Å². The molecule has 0 aromatic rings. The molecule has 1 saturated carbocycles. The van der Waals surface area contributed by atoms with Crippen molar-refractivity contribution in [1.29, 1.82) is 0 Å². The van der Waals surface area contributed by atoms with E-state index >= 15 is 0 Å². The molecule has 1 aliphatic carbocycles. The maximum absolute atomic E-state index is 6.13. The second kappa shape index (κ2) is 7.05. The van der Waals surface area contributed by atoms with Crippen LogP contribution in [0.1, 0.15) is 60.3 Å². The van der Waals surface area contributed by atoms with Gasteiger partial charge in [-0.2, -0.15) is 0 Å². The molecule has 114 valence electrons. The fourth-order valence-corrected chi connectivity index (χ4v) is 2.37. The SMILES string of the molecule is COC1CCCC(OCC(C)(C)CNC(C)(C)C)C1. The molecule has 0 aromatic carbocycles. The molecule has 1 N–H and O–H groups in total. The maximum atomic E-state index is 6.13. The zero-order chi connectivity index (χ0) is 14.5. The molecule has 0 bridgehead atoms. The summed E-state index contributed by atoms with van der Waals surface area (Å²) in [6.07, 6.45) is 5.43. The Labute approximate surface area is 119 Å². The van der Waals surface area contributed by atoms with E-state index in [4.69, 9.17) is 9.47 Å². The summed E-state index contributed by atoms with van der Waals surface area (Å²) in [5.41, 5.74) is 0.344. The first-order valence-electron chi connectivity index (χ1n) is 7.61. The summed E-state index contributed by atoms with van der Waals surface area (Å²) in [6.45, 7) is 12.9. The summed E-state index contributed by atoms with van der Waals surface area (Å²) in [6, 6.07) is 0. The summed E-state index contributed by atoms with van der Waals surface area (Å²) >= 11 is 0.